The summed E-state index contributed by atoms with van der Waals surface area (Å²) < 4.78 is 4.78. The number of carbonyl (C=O) groups excluding carboxylic acids is 2. The molecule has 2 rings (SSSR count). The van der Waals surface area contributed by atoms with Gasteiger partial charge in [-0.2, -0.15) is 0 Å². The van der Waals surface area contributed by atoms with Gasteiger partial charge in [-0.05, 0) is 36.2 Å². The minimum Gasteiger partial charge on any atom is -0.464 e. The van der Waals surface area contributed by atoms with Gasteiger partial charge in [0, 0.05) is 17.8 Å². The number of nitrogens with one attached hydrogen (secondary N) is 2. The number of Topliss-reactive ketones (excluding diaryl/α,β-unsaturated/α-hetero) is 1. The van der Waals surface area contributed by atoms with Crippen LogP contribution in [0.15, 0.2) is 12.1 Å². The molecule has 8 nitrogen and oxygen atoms in total. The highest BCUT2D eigenvalue weighted by Gasteiger charge is 2.28. The van der Waals surface area contributed by atoms with Gasteiger partial charge in [0.25, 0.3) is 0 Å². The molecule has 0 saturated carbocycles. The van der Waals surface area contributed by atoms with Crippen LogP contribution >= 0.6 is 0 Å². The predicted octanol–water partition coefficient (Wildman–Crippen LogP) is 0.867. The van der Waals surface area contributed by atoms with Gasteiger partial charge in [-0.3, -0.25) is 4.79 Å². The lowest BCUT2D eigenvalue weighted by atomic mass is 9.89. The monoisotopic (exact) mass is 376 g/mol. The Kier molecular flexibility index (Phi) is 6.86. The van der Waals surface area contributed by atoms with Gasteiger partial charge in [0.2, 0.25) is 0 Å². The number of H-pyrrole nitrogens is 1. The Morgan fingerprint density at radius 2 is 1.78 bits per heavy atom. The Labute approximate surface area is 156 Å². The number of ether oxygens (including phenoxy) is 1. The number of hydrogen-bond donors (Lipinski definition) is 5. The van der Waals surface area contributed by atoms with Crippen molar-refractivity contribution in [1.82, 2.24) is 10.3 Å². The molecule has 0 amide bonds. The third-order valence-corrected chi connectivity index (χ3v) is 4.46. The number of aliphatic hydroxyl groups excluding tert-OH is 3. The minimum atomic E-state index is -0.677. The summed E-state index contributed by atoms with van der Waals surface area (Å²) in [7, 11) is 2.94. The molecule has 0 radical (unpaired) electrons. The largest absolute Gasteiger partial charge is 0.464 e. The molecule has 27 heavy (non-hydrogen) atoms. The first-order chi connectivity index (χ1) is 12.9. The molecule has 0 aliphatic carbocycles. The van der Waals surface area contributed by atoms with Crippen molar-refractivity contribution in [3.63, 3.8) is 0 Å². The summed E-state index contributed by atoms with van der Waals surface area (Å²) in [4.78, 5) is 27.5. The standard InChI is InChI=1S/C19H24N2O6/c1-10(25)16-17(15(6-20-2)21-18(16)19(26)27-3)12-5-4-11(7-22)13(8-23)14(12)9-24/h4-5,20-24H,6-9H2,1-3H3. The van der Waals surface area contributed by atoms with Crippen molar-refractivity contribution in [2.45, 2.75) is 33.3 Å². The molecule has 1 aromatic heterocycles. The van der Waals surface area contributed by atoms with Gasteiger partial charge in [0.05, 0.1) is 32.5 Å². The number of carbonyl (C=O) groups is 2. The summed E-state index contributed by atoms with van der Waals surface area (Å²) in [6.07, 6.45) is 0. The van der Waals surface area contributed by atoms with E-state index in [1.54, 1.807) is 19.2 Å². The molecule has 0 aliphatic rings. The normalized spacial score (nSPS) is 10.9. The van der Waals surface area contributed by atoms with E-state index >= 15 is 0 Å². The first-order valence-corrected chi connectivity index (χ1v) is 8.40. The van der Waals surface area contributed by atoms with E-state index in [0.29, 0.717) is 40.1 Å². The van der Waals surface area contributed by atoms with Crippen molar-refractivity contribution in [3.8, 4) is 11.1 Å². The van der Waals surface area contributed by atoms with Crippen molar-refractivity contribution >= 4 is 11.8 Å². The summed E-state index contributed by atoms with van der Waals surface area (Å²) in [6, 6.07) is 3.28. The number of aliphatic hydroxyl groups is 3. The second-order valence-electron chi connectivity index (χ2n) is 6.01. The van der Waals surface area contributed by atoms with Gasteiger partial charge >= 0.3 is 5.97 Å². The summed E-state index contributed by atoms with van der Waals surface area (Å²) in [5, 5.41) is 32.1. The smallest absolute Gasteiger partial charge is 0.355 e. The van der Waals surface area contributed by atoms with Crippen LogP contribution in [0.5, 0.6) is 0 Å². The fourth-order valence-electron chi connectivity index (χ4n) is 3.27. The number of ketones is 1. The lowest BCUT2D eigenvalue weighted by Crippen LogP contribution is -2.09. The van der Waals surface area contributed by atoms with E-state index in [1.165, 1.54) is 14.0 Å². The highest BCUT2D eigenvalue weighted by molar-refractivity contribution is 6.10. The minimum absolute atomic E-state index is 0.0333. The third kappa shape index (κ3) is 3.79. The van der Waals surface area contributed by atoms with Gasteiger partial charge in [-0.15, -0.1) is 0 Å². The molecule has 2 aromatic rings. The van der Waals surface area contributed by atoms with Crippen LogP contribution in [0.4, 0.5) is 0 Å². The van der Waals surface area contributed by atoms with Crippen LogP contribution in [0.1, 0.15) is 50.2 Å². The van der Waals surface area contributed by atoms with Crippen LogP contribution < -0.4 is 5.32 Å². The van der Waals surface area contributed by atoms with Crippen LogP contribution in [-0.4, -0.2) is 46.2 Å². The predicted molar refractivity (Wildman–Crippen MR) is 98.1 cm³/mol. The van der Waals surface area contributed by atoms with Gasteiger partial charge in [-0.25, -0.2) is 4.79 Å². The number of methoxy groups -OCH3 is 1. The summed E-state index contributed by atoms with van der Waals surface area (Å²) in [5.41, 5.74) is 2.98. The van der Waals surface area contributed by atoms with Crippen LogP contribution in [0.3, 0.4) is 0 Å². The molecular formula is C19H24N2O6. The molecule has 0 fully saturated rings. The maximum absolute atomic E-state index is 12.4. The number of hydrogen-bond acceptors (Lipinski definition) is 7. The molecule has 1 aromatic carbocycles. The Balaban J connectivity index is 2.90. The van der Waals surface area contributed by atoms with E-state index in [9.17, 15) is 24.9 Å². The zero-order chi connectivity index (χ0) is 20.1. The van der Waals surface area contributed by atoms with E-state index in [1.807, 2.05) is 0 Å². The van der Waals surface area contributed by atoms with E-state index in [2.05, 4.69) is 10.3 Å². The van der Waals surface area contributed by atoms with Gasteiger partial charge < -0.3 is 30.4 Å². The summed E-state index contributed by atoms with van der Waals surface area (Å²) >= 11 is 0. The fraction of sp³-hybridized carbons (Fsp3) is 0.368. The lowest BCUT2D eigenvalue weighted by Gasteiger charge is -2.17. The molecule has 0 saturated heterocycles. The summed E-state index contributed by atoms with van der Waals surface area (Å²) in [5.74, 6) is -1.02. The first-order valence-electron chi connectivity index (χ1n) is 8.40. The molecular weight excluding hydrogens is 352 g/mol. The number of esters is 1. The molecule has 146 valence electrons. The highest BCUT2D eigenvalue weighted by atomic mass is 16.5. The molecule has 0 atom stereocenters. The van der Waals surface area contributed by atoms with Crippen LogP contribution in [-0.2, 0) is 31.1 Å². The summed E-state index contributed by atoms with van der Waals surface area (Å²) in [6.45, 7) is 0.578. The van der Waals surface area contributed by atoms with Crippen molar-refractivity contribution < 1.29 is 29.6 Å². The Morgan fingerprint density at radius 1 is 1.11 bits per heavy atom. The first kappa shape index (κ1) is 20.8. The van der Waals surface area contributed by atoms with Crippen LogP contribution in [0.2, 0.25) is 0 Å². The Hall–Kier alpha value is -2.52. The molecule has 5 N–H and O–H groups in total. The quantitative estimate of drug-likeness (QED) is 0.341. The average molecular weight is 376 g/mol. The van der Waals surface area contributed by atoms with Crippen LogP contribution in [0, 0.1) is 0 Å². The van der Waals surface area contributed by atoms with E-state index in [0.717, 1.165) is 0 Å². The van der Waals surface area contributed by atoms with E-state index in [-0.39, 0.29) is 30.3 Å². The average Bonchev–Trinajstić information content (AvgIpc) is 3.05. The number of aromatic nitrogens is 1. The maximum atomic E-state index is 12.4. The molecule has 0 spiro atoms. The van der Waals surface area contributed by atoms with Crippen LogP contribution in [0.25, 0.3) is 11.1 Å². The van der Waals surface area contributed by atoms with Crippen molar-refractivity contribution in [2.24, 2.45) is 0 Å². The van der Waals surface area contributed by atoms with E-state index < -0.39 is 12.6 Å². The maximum Gasteiger partial charge on any atom is 0.355 e. The number of rotatable bonds is 8. The number of benzene rings is 1. The van der Waals surface area contributed by atoms with Gasteiger partial charge in [-0.1, -0.05) is 12.1 Å². The Bertz CT molecular complexity index is 856. The Morgan fingerprint density at radius 3 is 2.26 bits per heavy atom. The van der Waals surface area contributed by atoms with Gasteiger partial charge in [0.1, 0.15) is 5.69 Å². The fourth-order valence-corrected chi connectivity index (χ4v) is 3.27. The van der Waals surface area contributed by atoms with Crippen molar-refractivity contribution in [1.29, 1.82) is 0 Å². The zero-order valence-corrected chi connectivity index (χ0v) is 15.5. The highest BCUT2D eigenvalue weighted by Crippen LogP contribution is 2.36. The molecule has 0 unspecified atom stereocenters. The second-order valence-corrected chi connectivity index (χ2v) is 6.01. The molecule has 8 heteroatoms. The number of aromatic amines is 1. The second kappa shape index (κ2) is 8.92. The van der Waals surface area contributed by atoms with E-state index in [4.69, 9.17) is 4.74 Å². The topological polar surface area (TPSA) is 132 Å². The molecule has 0 aliphatic heterocycles. The van der Waals surface area contributed by atoms with Crippen molar-refractivity contribution in [3.05, 3.63) is 45.8 Å². The molecule has 1 heterocycles. The zero-order valence-electron chi connectivity index (χ0n) is 15.5. The third-order valence-electron chi connectivity index (χ3n) is 4.46. The molecule has 0 bridgehead atoms. The van der Waals surface area contributed by atoms with Crippen molar-refractivity contribution in [2.75, 3.05) is 14.2 Å². The SMILES string of the molecule is CNCc1[nH]c(C(=O)OC)c(C(C)=O)c1-c1ccc(CO)c(CO)c1CO. The lowest BCUT2D eigenvalue weighted by molar-refractivity contribution is 0.0591. The van der Waals surface area contributed by atoms with Gasteiger partial charge in [0.15, 0.2) is 5.78 Å².